The Morgan fingerprint density at radius 1 is 1.21 bits per heavy atom. The number of benzene rings is 2. The Hall–Kier alpha value is -2.87. The molecule has 8 heteroatoms. The minimum atomic E-state index is -1.31. The molecule has 1 amide bonds. The Balaban J connectivity index is 2.16. The van der Waals surface area contributed by atoms with Gasteiger partial charge >= 0.3 is 5.69 Å². The van der Waals surface area contributed by atoms with Gasteiger partial charge in [0.2, 0.25) is 5.82 Å². The van der Waals surface area contributed by atoms with Crippen molar-refractivity contribution in [2.75, 3.05) is 6.61 Å². The lowest BCUT2D eigenvalue weighted by atomic mass is 10.1. The minimum Gasteiger partial charge on any atom is -0.394 e. The molecule has 0 saturated heterocycles. The average Bonchev–Trinajstić information content (AvgIpc) is 2.56. The standard InChI is InChI=1S/C16H14F2N2O4/c17-13-8-15(20(23)24)14(18)7-12(13)16(22)19-11(9-21)6-10-4-2-1-3-5-10/h1-5,7-8,11,21H,6,9H2,(H,19,22)/t11-/m1/s1. The van der Waals surface area contributed by atoms with Gasteiger partial charge in [-0.3, -0.25) is 14.9 Å². The second-order valence-electron chi connectivity index (χ2n) is 5.08. The van der Waals surface area contributed by atoms with Crippen LogP contribution in [0.4, 0.5) is 14.5 Å². The highest BCUT2D eigenvalue weighted by atomic mass is 19.1. The first-order valence-electron chi connectivity index (χ1n) is 7.01. The van der Waals surface area contributed by atoms with Gasteiger partial charge in [-0.05, 0) is 18.1 Å². The molecule has 0 spiro atoms. The van der Waals surface area contributed by atoms with Gasteiger partial charge in [0, 0.05) is 0 Å². The van der Waals surface area contributed by atoms with Crippen molar-refractivity contribution < 1.29 is 23.6 Å². The van der Waals surface area contributed by atoms with Gasteiger partial charge in [-0.1, -0.05) is 30.3 Å². The van der Waals surface area contributed by atoms with Crippen LogP contribution in [0.1, 0.15) is 15.9 Å². The Morgan fingerprint density at radius 2 is 1.88 bits per heavy atom. The van der Waals surface area contributed by atoms with Gasteiger partial charge in [0.1, 0.15) is 5.82 Å². The van der Waals surface area contributed by atoms with Crippen molar-refractivity contribution in [2.24, 2.45) is 0 Å². The van der Waals surface area contributed by atoms with Crippen LogP contribution in [-0.2, 0) is 6.42 Å². The molecule has 0 aliphatic rings. The van der Waals surface area contributed by atoms with E-state index in [0.717, 1.165) is 5.56 Å². The summed E-state index contributed by atoms with van der Waals surface area (Å²) in [7, 11) is 0. The molecule has 0 unspecified atom stereocenters. The zero-order valence-corrected chi connectivity index (χ0v) is 12.4. The van der Waals surface area contributed by atoms with Crippen molar-refractivity contribution in [1.29, 1.82) is 0 Å². The van der Waals surface area contributed by atoms with E-state index in [1.165, 1.54) is 0 Å². The molecule has 2 aromatic rings. The van der Waals surface area contributed by atoms with Crippen LogP contribution in [0.15, 0.2) is 42.5 Å². The highest BCUT2D eigenvalue weighted by molar-refractivity contribution is 5.95. The number of nitro groups is 1. The number of halogens is 2. The fourth-order valence-corrected chi connectivity index (χ4v) is 2.17. The lowest BCUT2D eigenvalue weighted by Gasteiger charge is -2.16. The van der Waals surface area contributed by atoms with Crippen LogP contribution in [0.3, 0.4) is 0 Å². The fraction of sp³-hybridized carbons (Fsp3) is 0.188. The molecule has 0 bridgehead atoms. The van der Waals surface area contributed by atoms with E-state index in [1.807, 2.05) is 6.07 Å². The monoisotopic (exact) mass is 336 g/mol. The molecule has 1 atom stereocenters. The first-order chi connectivity index (χ1) is 11.4. The van der Waals surface area contributed by atoms with E-state index in [9.17, 15) is 28.8 Å². The zero-order valence-electron chi connectivity index (χ0n) is 12.4. The first-order valence-corrected chi connectivity index (χ1v) is 7.01. The lowest BCUT2D eigenvalue weighted by molar-refractivity contribution is -0.387. The molecule has 2 N–H and O–H groups in total. The van der Waals surface area contributed by atoms with Gasteiger partial charge in [-0.15, -0.1) is 0 Å². The summed E-state index contributed by atoms with van der Waals surface area (Å²) in [5.74, 6) is -3.48. The number of carbonyl (C=O) groups is 1. The highest BCUT2D eigenvalue weighted by Gasteiger charge is 2.23. The van der Waals surface area contributed by atoms with Crippen LogP contribution in [0.25, 0.3) is 0 Å². The van der Waals surface area contributed by atoms with Gasteiger partial charge in [0.25, 0.3) is 5.91 Å². The summed E-state index contributed by atoms with van der Waals surface area (Å²) in [4.78, 5) is 21.5. The number of rotatable bonds is 6. The Morgan fingerprint density at radius 3 is 2.46 bits per heavy atom. The van der Waals surface area contributed by atoms with E-state index in [1.54, 1.807) is 24.3 Å². The molecule has 0 saturated carbocycles. The Kier molecular flexibility index (Phi) is 5.54. The zero-order chi connectivity index (χ0) is 17.7. The van der Waals surface area contributed by atoms with Crippen LogP contribution in [-0.4, -0.2) is 28.6 Å². The van der Waals surface area contributed by atoms with E-state index in [2.05, 4.69) is 5.32 Å². The van der Waals surface area contributed by atoms with Crippen LogP contribution >= 0.6 is 0 Å². The third-order valence-corrected chi connectivity index (χ3v) is 3.36. The smallest absolute Gasteiger partial charge is 0.307 e. The third kappa shape index (κ3) is 4.11. The number of nitro benzene ring substituents is 1. The second-order valence-corrected chi connectivity index (χ2v) is 5.08. The van der Waals surface area contributed by atoms with Gasteiger partial charge in [-0.25, -0.2) is 4.39 Å². The van der Waals surface area contributed by atoms with Crippen LogP contribution < -0.4 is 5.32 Å². The van der Waals surface area contributed by atoms with Crippen LogP contribution in [0, 0.1) is 21.7 Å². The molecular weight excluding hydrogens is 322 g/mol. The van der Waals surface area contributed by atoms with E-state index >= 15 is 0 Å². The lowest BCUT2D eigenvalue weighted by Crippen LogP contribution is -2.39. The SMILES string of the molecule is O=C(N[C@@H](CO)Cc1ccccc1)c1cc(F)c([N+](=O)[O-])cc1F. The summed E-state index contributed by atoms with van der Waals surface area (Å²) in [6, 6.07) is 9.09. The number of hydrogen-bond acceptors (Lipinski definition) is 4. The molecule has 6 nitrogen and oxygen atoms in total. The molecule has 0 aliphatic heterocycles. The molecule has 0 fully saturated rings. The molecule has 0 radical (unpaired) electrons. The van der Waals surface area contributed by atoms with Gasteiger partial charge in [0.15, 0.2) is 0 Å². The normalized spacial score (nSPS) is 11.8. The quantitative estimate of drug-likeness (QED) is 0.625. The summed E-state index contributed by atoms with van der Waals surface area (Å²) >= 11 is 0. The van der Waals surface area contributed by atoms with E-state index in [-0.39, 0.29) is 0 Å². The molecule has 24 heavy (non-hydrogen) atoms. The van der Waals surface area contributed by atoms with Crippen molar-refractivity contribution in [3.63, 3.8) is 0 Å². The van der Waals surface area contributed by atoms with Gasteiger partial charge in [0.05, 0.1) is 29.2 Å². The highest BCUT2D eigenvalue weighted by Crippen LogP contribution is 2.21. The number of carbonyl (C=O) groups excluding carboxylic acids is 1. The second kappa shape index (κ2) is 7.60. The molecule has 0 heterocycles. The number of hydrogen-bond donors (Lipinski definition) is 2. The molecule has 2 rings (SSSR count). The van der Waals surface area contributed by atoms with Crippen molar-refractivity contribution in [3.8, 4) is 0 Å². The van der Waals surface area contributed by atoms with Gasteiger partial charge in [-0.2, -0.15) is 4.39 Å². The molecule has 126 valence electrons. The molecular formula is C16H14F2N2O4. The van der Waals surface area contributed by atoms with E-state index in [4.69, 9.17) is 0 Å². The summed E-state index contributed by atoms with van der Waals surface area (Å²) in [6.07, 6.45) is 0.292. The number of aliphatic hydroxyl groups excluding tert-OH is 1. The maximum Gasteiger partial charge on any atom is 0.307 e. The van der Waals surface area contributed by atoms with E-state index in [0.29, 0.717) is 18.6 Å². The average molecular weight is 336 g/mol. The predicted molar refractivity (Wildman–Crippen MR) is 81.5 cm³/mol. The maximum absolute atomic E-state index is 13.8. The Bertz CT molecular complexity index is 753. The van der Waals surface area contributed by atoms with E-state index < -0.39 is 46.4 Å². The number of nitrogens with zero attached hydrogens (tertiary/aromatic N) is 1. The third-order valence-electron chi connectivity index (χ3n) is 3.36. The molecule has 2 aromatic carbocycles. The summed E-state index contributed by atoms with van der Waals surface area (Å²) in [5, 5.41) is 22.3. The summed E-state index contributed by atoms with van der Waals surface area (Å²) in [6.45, 7) is -0.405. The van der Waals surface area contributed by atoms with Crippen LogP contribution in [0.5, 0.6) is 0 Å². The number of amides is 1. The molecule has 0 aromatic heterocycles. The molecule has 0 aliphatic carbocycles. The Labute approximate surface area is 135 Å². The maximum atomic E-state index is 13.8. The summed E-state index contributed by atoms with van der Waals surface area (Å²) in [5.41, 5.74) is -0.871. The number of aliphatic hydroxyl groups is 1. The first kappa shape index (κ1) is 17.5. The van der Waals surface area contributed by atoms with Crippen molar-refractivity contribution in [2.45, 2.75) is 12.5 Å². The van der Waals surface area contributed by atoms with Gasteiger partial charge < -0.3 is 10.4 Å². The topological polar surface area (TPSA) is 92.5 Å². The predicted octanol–water partition coefficient (Wildman–Crippen LogP) is 2.21. The van der Waals surface area contributed by atoms with Crippen molar-refractivity contribution in [3.05, 3.63) is 75.3 Å². The van der Waals surface area contributed by atoms with Crippen LogP contribution in [0.2, 0.25) is 0 Å². The fourth-order valence-electron chi connectivity index (χ4n) is 2.17. The van der Waals surface area contributed by atoms with Crippen molar-refractivity contribution >= 4 is 11.6 Å². The van der Waals surface area contributed by atoms with Crippen molar-refractivity contribution in [1.82, 2.24) is 5.32 Å². The largest absolute Gasteiger partial charge is 0.394 e. The summed E-state index contributed by atoms with van der Waals surface area (Å²) < 4.78 is 27.4. The number of nitrogens with one attached hydrogen (secondary N) is 1. The minimum absolute atomic E-state index is 0.292.